The largest absolute Gasteiger partial charge is 0.373 e. The van der Waals surface area contributed by atoms with Gasteiger partial charge in [-0.25, -0.2) is 0 Å². The Morgan fingerprint density at radius 2 is 2.05 bits per heavy atom. The topological polar surface area (TPSA) is 21.3 Å². The molecule has 1 aliphatic heterocycles. The molecule has 2 nitrogen and oxygen atoms in total. The first-order valence-corrected chi connectivity index (χ1v) is 7.95. The maximum atomic E-state index is 6.07. The summed E-state index contributed by atoms with van der Waals surface area (Å²) in [5, 5.41) is 3.71. The van der Waals surface area contributed by atoms with Crippen molar-refractivity contribution in [3.8, 4) is 0 Å². The van der Waals surface area contributed by atoms with Crippen molar-refractivity contribution in [1.29, 1.82) is 0 Å². The summed E-state index contributed by atoms with van der Waals surface area (Å²) in [5.41, 5.74) is 3.11. The van der Waals surface area contributed by atoms with Crippen LogP contribution in [0.4, 0.5) is 0 Å². The number of fused-ring (bicyclic) bond motifs is 1. The van der Waals surface area contributed by atoms with Gasteiger partial charge in [0.25, 0.3) is 0 Å². The molecule has 0 radical (unpaired) electrons. The molecule has 1 aromatic rings. The third kappa shape index (κ3) is 3.83. The molecule has 20 heavy (non-hydrogen) atoms. The van der Waals surface area contributed by atoms with E-state index in [2.05, 4.69) is 57.3 Å². The highest BCUT2D eigenvalue weighted by atomic mass is 16.5. The highest BCUT2D eigenvalue weighted by molar-refractivity contribution is 5.31. The molecule has 1 aliphatic rings. The molecule has 1 aromatic carbocycles. The number of rotatable bonds is 5. The van der Waals surface area contributed by atoms with Crippen LogP contribution in [0, 0.1) is 5.41 Å². The second-order valence-corrected chi connectivity index (χ2v) is 6.92. The van der Waals surface area contributed by atoms with Crippen LogP contribution in [0.2, 0.25) is 0 Å². The van der Waals surface area contributed by atoms with E-state index in [1.807, 2.05) is 0 Å². The molecule has 2 rings (SSSR count). The van der Waals surface area contributed by atoms with Crippen molar-refractivity contribution in [3.63, 3.8) is 0 Å². The molecular weight excluding hydrogens is 246 g/mol. The van der Waals surface area contributed by atoms with Gasteiger partial charge in [0.15, 0.2) is 0 Å². The number of hydrogen-bond donors (Lipinski definition) is 1. The van der Waals surface area contributed by atoms with Crippen molar-refractivity contribution >= 4 is 0 Å². The maximum Gasteiger partial charge on any atom is 0.0842 e. The van der Waals surface area contributed by atoms with Gasteiger partial charge < -0.3 is 10.1 Å². The van der Waals surface area contributed by atoms with E-state index in [9.17, 15) is 0 Å². The molecule has 0 fully saturated rings. The summed E-state index contributed by atoms with van der Waals surface area (Å²) in [6.07, 6.45) is 3.53. The lowest BCUT2D eigenvalue weighted by Crippen LogP contribution is -2.42. The van der Waals surface area contributed by atoms with E-state index in [-0.39, 0.29) is 11.5 Å². The molecule has 112 valence electrons. The predicted molar refractivity (Wildman–Crippen MR) is 85.0 cm³/mol. The Morgan fingerprint density at radius 3 is 2.75 bits per heavy atom. The Bertz CT molecular complexity index is 422. The normalized spacial score (nSPS) is 20.5. The summed E-state index contributed by atoms with van der Waals surface area (Å²) in [4.78, 5) is 0. The molecule has 2 heteroatoms. The molecule has 0 aromatic heterocycles. The number of hydrogen-bond acceptors (Lipinski definition) is 2. The monoisotopic (exact) mass is 275 g/mol. The summed E-state index contributed by atoms with van der Waals surface area (Å²) >= 11 is 0. The van der Waals surface area contributed by atoms with Crippen molar-refractivity contribution < 1.29 is 4.74 Å². The SMILES string of the molecule is CCCNC(CC1OCCc2ccccc21)C(C)(C)C. The van der Waals surface area contributed by atoms with Crippen molar-refractivity contribution in [3.05, 3.63) is 35.4 Å². The summed E-state index contributed by atoms with van der Waals surface area (Å²) in [6.45, 7) is 11.1. The van der Waals surface area contributed by atoms with Crippen LogP contribution >= 0.6 is 0 Å². The molecule has 2 unspecified atom stereocenters. The lowest BCUT2D eigenvalue weighted by molar-refractivity contribution is 0.0192. The van der Waals surface area contributed by atoms with Crippen molar-refractivity contribution in [2.75, 3.05) is 13.2 Å². The average molecular weight is 275 g/mol. The third-order valence-electron chi connectivity index (χ3n) is 4.23. The Labute approximate surface area is 123 Å². The fourth-order valence-corrected chi connectivity index (χ4v) is 2.95. The number of nitrogens with one attached hydrogen (secondary N) is 1. The van der Waals surface area contributed by atoms with E-state index in [0.717, 1.165) is 26.0 Å². The fourth-order valence-electron chi connectivity index (χ4n) is 2.95. The van der Waals surface area contributed by atoms with Gasteiger partial charge in [-0.3, -0.25) is 0 Å². The van der Waals surface area contributed by atoms with Crippen LogP contribution in [0.25, 0.3) is 0 Å². The van der Waals surface area contributed by atoms with E-state index < -0.39 is 0 Å². The summed E-state index contributed by atoms with van der Waals surface area (Å²) in [6, 6.07) is 9.23. The zero-order chi connectivity index (χ0) is 14.6. The lowest BCUT2D eigenvalue weighted by Gasteiger charge is -2.36. The second-order valence-electron chi connectivity index (χ2n) is 6.92. The first-order chi connectivity index (χ1) is 9.52. The molecule has 1 N–H and O–H groups in total. The average Bonchev–Trinajstić information content (AvgIpc) is 2.42. The Morgan fingerprint density at radius 1 is 1.30 bits per heavy atom. The maximum absolute atomic E-state index is 6.07. The van der Waals surface area contributed by atoms with Gasteiger partial charge in [-0.1, -0.05) is 52.0 Å². The second kappa shape index (κ2) is 6.73. The zero-order valence-corrected chi connectivity index (χ0v) is 13.4. The van der Waals surface area contributed by atoms with Gasteiger partial charge in [-0.05, 0) is 42.3 Å². The first-order valence-electron chi connectivity index (χ1n) is 7.95. The van der Waals surface area contributed by atoms with Crippen LogP contribution in [-0.2, 0) is 11.2 Å². The van der Waals surface area contributed by atoms with Gasteiger partial charge >= 0.3 is 0 Å². The summed E-state index contributed by atoms with van der Waals surface area (Å²) < 4.78 is 6.07. The van der Waals surface area contributed by atoms with Crippen LogP contribution in [0.3, 0.4) is 0 Å². The van der Waals surface area contributed by atoms with E-state index in [0.29, 0.717) is 6.04 Å². The van der Waals surface area contributed by atoms with E-state index in [1.165, 1.54) is 17.5 Å². The zero-order valence-electron chi connectivity index (χ0n) is 13.4. The van der Waals surface area contributed by atoms with Crippen LogP contribution < -0.4 is 5.32 Å². The van der Waals surface area contributed by atoms with E-state index >= 15 is 0 Å². The van der Waals surface area contributed by atoms with Crippen molar-refractivity contribution in [2.24, 2.45) is 5.41 Å². The van der Waals surface area contributed by atoms with Crippen molar-refractivity contribution in [1.82, 2.24) is 5.32 Å². The van der Waals surface area contributed by atoms with Gasteiger partial charge in [-0.15, -0.1) is 0 Å². The van der Waals surface area contributed by atoms with Gasteiger partial charge in [0, 0.05) is 6.04 Å². The number of ether oxygens (including phenoxy) is 1. The molecule has 0 spiro atoms. The standard InChI is InChI=1S/C18H29NO/c1-5-11-19-17(18(2,3)4)13-16-15-9-7-6-8-14(15)10-12-20-16/h6-9,16-17,19H,5,10-13H2,1-4H3. The van der Waals surface area contributed by atoms with E-state index in [4.69, 9.17) is 4.74 Å². The molecule has 2 atom stereocenters. The first kappa shape index (κ1) is 15.5. The smallest absolute Gasteiger partial charge is 0.0842 e. The molecule has 0 amide bonds. The molecule has 0 bridgehead atoms. The molecule has 1 heterocycles. The van der Waals surface area contributed by atoms with Crippen molar-refractivity contribution in [2.45, 2.75) is 59.1 Å². The predicted octanol–water partition coefficient (Wildman–Crippen LogP) is 4.10. The summed E-state index contributed by atoms with van der Waals surface area (Å²) in [7, 11) is 0. The quantitative estimate of drug-likeness (QED) is 0.873. The lowest BCUT2D eigenvalue weighted by atomic mass is 9.81. The molecule has 0 saturated carbocycles. The van der Waals surface area contributed by atoms with Crippen LogP contribution in [0.1, 0.15) is 57.8 Å². The molecule has 0 aliphatic carbocycles. The van der Waals surface area contributed by atoms with Crippen LogP contribution in [0.15, 0.2) is 24.3 Å². The minimum absolute atomic E-state index is 0.244. The minimum atomic E-state index is 0.244. The van der Waals surface area contributed by atoms with E-state index in [1.54, 1.807) is 0 Å². The molecular formula is C18H29NO. The Hall–Kier alpha value is -0.860. The van der Waals surface area contributed by atoms with Gasteiger partial charge in [0.05, 0.1) is 12.7 Å². The number of benzene rings is 1. The summed E-state index contributed by atoms with van der Waals surface area (Å²) in [5.74, 6) is 0. The minimum Gasteiger partial charge on any atom is -0.373 e. The van der Waals surface area contributed by atoms with Gasteiger partial charge in [0.1, 0.15) is 0 Å². The van der Waals surface area contributed by atoms with Gasteiger partial charge in [0.2, 0.25) is 0 Å². The highest BCUT2D eigenvalue weighted by Gasteiger charge is 2.30. The van der Waals surface area contributed by atoms with Crippen LogP contribution in [-0.4, -0.2) is 19.2 Å². The molecule has 0 saturated heterocycles. The Balaban J connectivity index is 2.11. The van der Waals surface area contributed by atoms with Gasteiger partial charge in [-0.2, -0.15) is 0 Å². The highest BCUT2D eigenvalue weighted by Crippen LogP contribution is 2.34. The fraction of sp³-hybridized carbons (Fsp3) is 0.667. The van der Waals surface area contributed by atoms with Crippen LogP contribution in [0.5, 0.6) is 0 Å². The Kier molecular flexibility index (Phi) is 5.22. The third-order valence-corrected chi connectivity index (χ3v) is 4.23.